The van der Waals surface area contributed by atoms with Crippen molar-refractivity contribution in [3.63, 3.8) is 0 Å². The fraction of sp³-hybridized carbons (Fsp3) is 0.0882. The molecule has 6 nitrogen and oxygen atoms in total. The standard InChI is InChI=1S/C34H28N4O2/c1-25-12-14-27(15-13-25)24-40-32-18-16-28(17-19-32)33-30(23-38(37-33)31-10-6-3-7-11-31)20-29(21-35)34(39)36-22-26-8-4-2-5-9-26/h2-20,23H,22,24H2,1H3,(H,36,39). The average molecular weight is 525 g/mol. The maximum Gasteiger partial charge on any atom is 0.262 e. The Balaban J connectivity index is 1.40. The number of ether oxygens (including phenoxy) is 1. The van der Waals surface area contributed by atoms with Gasteiger partial charge in [0.25, 0.3) is 5.91 Å². The molecule has 0 aliphatic carbocycles. The largest absolute Gasteiger partial charge is 0.489 e. The number of aryl methyl sites for hydroxylation is 1. The Labute approximate surface area is 233 Å². The van der Waals surface area contributed by atoms with E-state index in [0.29, 0.717) is 24.4 Å². The molecule has 0 aliphatic rings. The molecular formula is C34H28N4O2. The molecule has 0 unspecified atom stereocenters. The van der Waals surface area contributed by atoms with E-state index in [2.05, 4.69) is 42.6 Å². The highest BCUT2D eigenvalue weighted by molar-refractivity contribution is 6.02. The number of nitrogens with one attached hydrogen (secondary N) is 1. The molecular weight excluding hydrogens is 496 g/mol. The average Bonchev–Trinajstić information content (AvgIpc) is 3.43. The zero-order valence-electron chi connectivity index (χ0n) is 22.1. The summed E-state index contributed by atoms with van der Waals surface area (Å²) in [5.41, 5.74) is 6.28. The number of hydrogen-bond donors (Lipinski definition) is 1. The molecule has 1 amide bonds. The number of carbonyl (C=O) groups excluding carboxylic acids is 1. The van der Waals surface area contributed by atoms with Crippen LogP contribution in [0.25, 0.3) is 23.0 Å². The minimum atomic E-state index is -0.440. The first-order valence-corrected chi connectivity index (χ1v) is 13.0. The van der Waals surface area contributed by atoms with Crippen LogP contribution >= 0.6 is 0 Å². The molecule has 5 aromatic rings. The molecule has 1 heterocycles. The number of nitriles is 1. The van der Waals surface area contributed by atoms with E-state index < -0.39 is 5.91 Å². The van der Waals surface area contributed by atoms with Gasteiger partial charge in [-0.25, -0.2) is 4.68 Å². The smallest absolute Gasteiger partial charge is 0.262 e. The third-order valence-corrected chi connectivity index (χ3v) is 6.38. The normalized spacial score (nSPS) is 11.1. The number of aromatic nitrogens is 2. The summed E-state index contributed by atoms with van der Waals surface area (Å²) < 4.78 is 7.72. The van der Waals surface area contributed by atoms with Gasteiger partial charge in [-0.15, -0.1) is 0 Å². The van der Waals surface area contributed by atoms with E-state index in [1.54, 1.807) is 10.8 Å². The quantitative estimate of drug-likeness (QED) is 0.173. The minimum absolute atomic E-state index is 0.00263. The van der Waals surface area contributed by atoms with E-state index in [0.717, 1.165) is 28.1 Å². The molecule has 0 saturated carbocycles. The van der Waals surface area contributed by atoms with E-state index in [9.17, 15) is 10.1 Å². The predicted molar refractivity (Wildman–Crippen MR) is 156 cm³/mol. The Morgan fingerprint density at radius 3 is 2.25 bits per heavy atom. The third-order valence-electron chi connectivity index (χ3n) is 6.38. The molecule has 0 radical (unpaired) electrons. The van der Waals surface area contributed by atoms with Crippen molar-refractivity contribution in [3.05, 3.63) is 143 Å². The van der Waals surface area contributed by atoms with Crippen molar-refractivity contribution in [2.75, 3.05) is 0 Å². The first-order chi connectivity index (χ1) is 19.6. The number of hydrogen-bond acceptors (Lipinski definition) is 4. The Kier molecular flexibility index (Phi) is 8.14. The predicted octanol–water partition coefficient (Wildman–Crippen LogP) is 6.65. The summed E-state index contributed by atoms with van der Waals surface area (Å²) in [7, 11) is 0. The number of benzene rings is 4. The molecule has 0 bridgehead atoms. The molecule has 0 aliphatic heterocycles. The van der Waals surface area contributed by atoms with Crippen LogP contribution in [0.1, 0.15) is 22.3 Å². The van der Waals surface area contributed by atoms with Crippen LogP contribution in [0.2, 0.25) is 0 Å². The van der Waals surface area contributed by atoms with E-state index in [1.807, 2.05) is 91.1 Å². The van der Waals surface area contributed by atoms with Crippen molar-refractivity contribution >= 4 is 12.0 Å². The summed E-state index contributed by atoms with van der Waals surface area (Å²) >= 11 is 0. The van der Waals surface area contributed by atoms with Gasteiger partial charge in [-0.3, -0.25) is 4.79 Å². The highest BCUT2D eigenvalue weighted by atomic mass is 16.5. The lowest BCUT2D eigenvalue weighted by Gasteiger charge is -2.08. The van der Waals surface area contributed by atoms with Crippen molar-refractivity contribution in [2.45, 2.75) is 20.1 Å². The highest BCUT2D eigenvalue weighted by Crippen LogP contribution is 2.28. The lowest BCUT2D eigenvalue weighted by molar-refractivity contribution is -0.117. The van der Waals surface area contributed by atoms with Gasteiger partial charge in [0.15, 0.2) is 0 Å². The minimum Gasteiger partial charge on any atom is -0.489 e. The third kappa shape index (κ3) is 6.53. The maximum atomic E-state index is 12.9. The summed E-state index contributed by atoms with van der Waals surface area (Å²) in [4.78, 5) is 12.9. The van der Waals surface area contributed by atoms with E-state index in [1.165, 1.54) is 5.56 Å². The van der Waals surface area contributed by atoms with Crippen molar-refractivity contribution in [1.82, 2.24) is 15.1 Å². The van der Waals surface area contributed by atoms with Crippen LogP contribution in [0.15, 0.2) is 121 Å². The first kappa shape index (κ1) is 26.2. The van der Waals surface area contributed by atoms with E-state index in [4.69, 9.17) is 9.84 Å². The number of carbonyl (C=O) groups is 1. The first-order valence-electron chi connectivity index (χ1n) is 13.0. The number of para-hydroxylation sites is 1. The van der Waals surface area contributed by atoms with Gasteiger partial charge >= 0.3 is 0 Å². The number of rotatable bonds is 9. The van der Waals surface area contributed by atoms with Gasteiger partial charge in [0.1, 0.15) is 24.0 Å². The van der Waals surface area contributed by atoms with Gasteiger partial charge in [-0.05, 0) is 60.5 Å². The monoisotopic (exact) mass is 524 g/mol. The zero-order chi connectivity index (χ0) is 27.7. The zero-order valence-corrected chi connectivity index (χ0v) is 22.1. The van der Waals surface area contributed by atoms with Gasteiger partial charge in [-0.2, -0.15) is 10.4 Å². The SMILES string of the molecule is Cc1ccc(COc2ccc(-c3nn(-c4ccccc4)cc3C=C(C#N)C(=O)NCc3ccccc3)cc2)cc1. The molecule has 0 saturated heterocycles. The van der Waals surface area contributed by atoms with Crippen molar-refractivity contribution < 1.29 is 9.53 Å². The molecule has 0 fully saturated rings. The Bertz CT molecular complexity index is 1650. The fourth-order valence-electron chi connectivity index (χ4n) is 4.17. The summed E-state index contributed by atoms with van der Waals surface area (Å²) in [5, 5.41) is 17.5. The second kappa shape index (κ2) is 12.4. The number of amides is 1. The second-order valence-electron chi connectivity index (χ2n) is 9.35. The Hall–Kier alpha value is -5.41. The van der Waals surface area contributed by atoms with Gasteiger partial charge in [-0.1, -0.05) is 78.4 Å². The van der Waals surface area contributed by atoms with Crippen LogP contribution in [0.4, 0.5) is 0 Å². The molecule has 5 rings (SSSR count). The topological polar surface area (TPSA) is 79.9 Å². The molecule has 196 valence electrons. The molecule has 1 aromatic heterocycles. The van der Waals surface area contributed by atoms with Gasteiger partial charge in [0.2, 0.25) is 0 Å². The summed E-state index contributed by atoms with van der Waals surface area (Å²) in [6.07, 6.45) is 3.41. The van der Waals surface area contributed by atoms with Crippen molar-refractivity contribution in [3.8, 4) is 28.8 Å². The Morgan fingerprint density at radius 1 is 0.900 bits per heavy atom. The van der Waals surface area contributed by atoms with Crippen LogP contribution < -0.4 is 10.1 Å². The van der Waals surface area contributed by atoms with Crippen LogP contribution in [0.3, 0.4) is 0 Å². The van der Waals surface area contributed by atoms with Crippen LogP contribution in [0, 0.1) is 18.3 Å². The summed E-state index contributed by atoms with van der Waals surface area (Å²) in [5.74, 6) is 0.298. The highest BCUT2D eigenvalue weighted by Gasteiger charge is 2.15. The van der Waals surface area contributed by atoms with Crippen molar-refractivity contribution in [2.24, 2.45) is 0 Å². The second-order valence-corrected chi connectivity index (χ2v) is 9.35. The van der Waals surface area contributed by atoms with Crippen LogP contribution in [-0.4, -0.2) is 15.7 Å². The molecule has 6 heteroatoms. The number of nitrogens with zero attached hydrogens (tertiary/aromatic N) is 3. The molecule has 4 aromatic carbocycles. The molecule has 40 heavy (non-hydrogen) atoms. The fourth-order valence-corrected chi connectivity index (χ4v) is 4.17. The van der Waals surface area contributed by atoms with E-state index >= 15 is 0 Å². The van der Waals surface area contributed by atoms with Gasteiger partial charge < -0.3 is 10.1 Å². The summed E-state index contributed by atoms with van der Waals surface area (Å²) in [6.45, 7) is 2.86. The maximum absolute atomic E-state index is 12.9. The Morgan fingerprint density at radius 2 is 1.57 bits per heavy atom. The summed E-state index contributed by atoms with van der Waals surface area (Å²) in [6, 6.07) is 37.2. The lowest BCUT2D eigenvalue weighted by atomic mass is 10.1. The lowest BCUT2D eigenvalue weighted by Crippen LogP contribution is -2.23. The molecule has 0 spiro atoms. The van der Waals surface area contributed by atoms with Gasteiger partial charge in [0.05, 0.1) is 11.4 Å². The van der Waals surface area contributed by atoms with E-state index in [-0.39, 0.29) is 5.57 Å². The van der Waals surface area contributed by atoms with Crippen molar-refractivity contribution in [1.29, 1.82) is 5.26 Å². The molecule has 0 atom stereocenters. The molecule has 1 N–H and O–H groups in total. The van der Waals surface area contributed by atoms with Crippen LogP contribution in [-0.2, 0) is 17.9 Å². The van der Waals surface area contributed by atoms with Crippen LogP contribution in [0.5, 0.6) is 5.75 Å². The van der Waals surface area contributed by atoms with Gasteiger partial charge in [0, 0.05) is 23.9 Å².